The molecule has 1 aliphatic heterocycles. The average Bonchev–Trinajstić information content (AvgIpc) is 2.34. The van der Waals surface area contributed by atoms with Crippen LogP contribution in [0.15, 0.2) is 23.1 Å². The fraction of sp³-hybridized carbons (Fsp3) is 0.625. The van der Waals surface area contributed by atoms with Gasteiger partial charge in [-0.3, -0.25) is 4.21 Å². The minimum Gasteiger partial charge on any atom is -0.310 e. The average molecular weight is 279 g/mol. The maximum atomic E-state index is 12.4. The lowest BCUT2D eigenvalue weighted by atomic mass is 9.85. The van der Waals surface area contributed by atoms with Gasteiger partial charge in [0.15, 0.2) is 0 Å². The van der Waals surface area contributed by atoms with Crippen molar-refractivity contribution in [2.75, 3.05) is 6.54 Å². The first kappa shape index (κ1) is 14.7. The van der Waals surface area contributed by atoms with Crippen LogP contribution >= 0.6 is 0 Å². The highest BCUT2D eigenvalue weighted by molar-refractivity contribution is 7.85. The Balaban J connectivity index is 2.49. The van der Waals surface area contributed by atoms with Crippen LogP contribution in [0.2, 0.25) is 0 Å². The fourth-order valence-corrected chi connectivity index (χ4v) is 4.11. The molecule has 0 radical (unpaired) electrons. The molecule has 0 saturated heterocycles. The van der Waals surface area contributed by atoms with E-state index in [1.165, 1.54) is 11.1 Å². The SMILES string of the molecule is CCNC1CC(C)S(=O)c2ccc(C(C)(C)C)cc21. The van der Waals surface area contributed by atoms with Crippen LogP contribution in [0.3, 0.4) is 0 Å². The van der Waals surface area contributed by atoms with E-state index in [0.717, 1.165) is 17.9 Å². The molecule has 0 amide bonds. The zero-order valence-corrected chi connectivity index (χ0v) is 13.4. The zero-order chi connectivity index (χ0) is 14.2. The monoisotopic (exact) mass is 279 g/mol. The largest absolute Gasteiger partial charge is 0.310 e. The molecule has 0 aliphatic carbocycles. The number of hydrogen-bond donors (Lipinski definition) is 1. The molecule has 1 aliphatic rings. The summed E-state index contributed by atoms with van der Waals surface area (Å²) in [5, 5.41) is 3.77. The van der Waals surface area contributed by atoms with Crippen molar-refractivity contribution in [3.05, 3.63) is 29.3 Å². The molecule has 0 fully saturated rings. The van der Waals surface area contributed by atoms with Gasteiger partial charge >= 0.3 is 0 Å². The van der Waals surface area contributed by atoms with Gasteiger partial charge in [0.25, 0.3) is 0 Å². The highest BCUT2D eigenvalue weighted by atomic mass is 32.2. The third-order valence-corrected chi connectivity index (χ3v) is 5.58. The van der Waals surface area contributed by atoms with Gasteiger partial charge in [-0.25, -0.2) is 0 Å². The van der Waals surface area contributed by atoms with Crippen LogP contribution in [-0.4, -0.2) is 16.0 Å². The van der Waals surface area contributed by atoms with E-state index in [9.17, 15) is 4.21 Å². The number of rotatable bonds is 2. The summed E-state index contributed by atoms with van der Waals surface area (Å²) in [6, 6.07) is 6.81. The van der Waals surface area contributed by atoms with Gasteiger partial charge in [-0.2, -0.15) is 0 Å². The van der Waals surface area contributed by atoms with E-state index in [4.69, 9.17) is 0 Å². The number of fused-ring (bicyclic) bond motifs is 1. The molecule has 0 spiro atoms. The molecule has 1 aromatic rings. The van der Waals surface area contributed by atoms with Gasteiger partial charge in [0.2, 0.25) is 0 Å². The second-order valence-corrected chi connectivity index (χ2v) is 8.30. The lowest BCUT2D eigenvalue weighted by Crippen LogP contribution is -2.32. The molecule has 106 valence electrons. The van der Waals surface area contributed by atoms with Gasteiger partial charge < -0.3 is 5.32 Å². The Morgan fingerprint density at radius 1 is 1.37 bits per heavy atom. The normalized spacial score (nSPS) is 27.1. The Morgan fingerprint density at radius 3 is 2.63 bits per heavy atom. The van der Waals surface area contributed by atoms with Gasteiger partial charge in [-0.1, -0.05) is 46.8 Å². The quantitative estimate of drug-likeness (QED) is 0.897. The Bertz CT molecular complexity index is 490. The van der Waals surface area contributed by atoms with Crippen molar-refractivity contribution < 1.29 is 4.21 Å². The van der Waals surface area contributed by atoms with Crippen molar-refractivity contribution in [2.24, 2.45) is 0 Å². The van der Waals surface area contributed by atoms with Gasteiger partial charge in [-0.15, -0.1) is 0 Å². The van der Waals surface area contributed by atoms with E-state index in [2.05, 4.69) is 58.1 Å². The Labute approximate surface area is 119 Å². The fourth-order valence-electron chi connectivity index (χ4n) is 2.67. The van der Waals surface area contributed by atoms with E-state index in [1.54, 1.807) is 0 Å². The first-order valence-corrected chi connectivity index (χ1v) is 8.34. The molecule has 0 bridgehead atoms. The minimum absolute atomic E-state index is 0.135. The van der Waals surface area contributed by atoms with Crippen molar-refractivity contribution in [1.82, 2.24) is 5.32 Å². The van der Waals surface area contributed by atoms with E-state index in [1.807, 2.05) is 0 Å². The summed E-state index contributed by atoms with van der Waals surface area (Å²) >= 11 is 0. The molecule has 1 aromatic carbocycles. The molecular weight excluding hydrogens is 254 g/mol. The second-order valence-electron chi connectivity index (χ2n) is 6.46. The maximum absolute atomic E-state index is 12.4. The zero-order valence-electron chi connectivity index (χ0n) is 12.6. The lowest BCUT2D eigenvalue weighted by Gasteiger charge is -2.31. The molecule has 3 unspecified atom stereocenters. The molecule has 19 heavy (non-hydrogen) atoms. The summed E-state index contributed by atoms with van der Waals surface area (Å²) in [5.41, 5.74) is 2.70. The van der Waals surface area contributed by atoms with Gasteiger partial charge in [0.05, 0.1) is 10.8 Å². The van der Waals surface area contributed by atoms with Crippen molar-refractivity contribution in [3.8, 4) is 0 Å². The van der Waals surface area contributed by atoms with Crippen LogP contribution in [0.1, 0.15) is 58.2 Å². The third-order valence-electron chi connectivity index (χ3n) is 3.85. The Hall–Kier alpha value is -0.670. The summed E-state index contributed by atoms with van der Waals surface area (Å²) in [6.45, 7) is 11.8. The summed E-state index contributed by atoms with van der Waals surface area (Å²) in [4.78, 5) is 1.03. The third kappa shape index (κ3) is 2.92. The predicted octanol–water partition coefficient (Wildman–Crippen LogP) is 3.53. The highest BCUT2D eigenvalue weighted by Crippen LogP contribution is 2.36. The second kappa shape index (κ2) is 5.37. The standard InChI is InChI=1S/C16H25NOS/c1-6-17-14-9-11(2)19(18)15-8-7-12(10-13(14)15)16(3,4)5/h7-8,10-11,14,17H,6,9H2,1-5H3. The van der Waals surface area contributed by atoms with E-state index in [0.29, 0.717) is 6.04 Å². The van der Waals surface area contributed by atoms with E-state index >= 15 is 0 Å². The molecule has 0 saturated carbocycles. The molecule has 3 atom stereocenters. The summed E-state index contributed by atoms with van der Waals surface area (Å²) in [5.74, 6) is 0. The molecular formula is C16H25NOS. The van der Waals surface area contributed by atoms with Crippen LogP contribution in [0.25, 0.3) is 0 Å². The molecule has 1 N–H and O–H groups in total. The summed E-state index contributed by atoms with van der Waals surface area (Å²) in [6.07, 6.45) is 0.959. The molecule has 2 nitrogen and oxygen atoms in total. The summed E-state index contributed by atoms with van der Waals surface area (Å²) < 4.78 is 12.4. The highest BCUT2D eigenvalue weighted by Gasteiger charge is 2.30. The Morgan fingerprint density at radius 2 is 2.05 bits per heavy atom. The lowest BCUT2D eigenvalue weighted by molar-refractivity contribution is 0.488. The maximum Gasteiger partial charge on any atom is 0.0562 e. The number of benzene rings is 1. The summed E-state index contributed by atoms with van der Waals surface area (Å²) in [7, 11) is -0.859. The van der Waals surface area contributed by atoms with Gasteiger partial charge in [0.1, 0.15) is 0 Å². The Kier molecular flexibility index (Phi) is 4.17. The van der Waals surface area contributed by atoms with E-state index in [-0.39, 0.29) is 10.7 Å². The number of nitrogens with one attached hydrogen (secondary N) is 1. The van der Waals surface area contributed by atoms with Crippen LogP contribution in [-0.2, 0) is 16.2 Å². The van der Waals surface area contributed by atoms with Crippen LogP contribution in [0.5, 0.6) is 0 Å². The number of hydrogen-bond acceptors (Lipinski definition) is 2. The molecule has 3 heteroatoms. The van der Waals surface area contributed by atoms with Crippen molar-refractivity contribution in [2.45, 2.75) is 62.6 Å². The predicted molar refractivity (Wildman–Crippen MR) is 82.0 cm³/mol. The molecule has 0 aromatic heterocycles. The van der Waals surface area contributed by atoms with Gasteiger partial charge in [-0.05, 0) is 35.6 Å². The smallest absolute Gasteiger partial charge is 0.0562 e. The first-order chi connectivity index (χ1) is 8.84. The van der Waals surface area contributed by atoms with Crippen molar-refractivity contribution in [1.29, 1.82) is 0 Å². The molecule has 1 heterocycles. The van der Waals surface area contributed by atoms with E-state index < -0.39 is 10.8 Å². The van der Waals surface area contributed by atoms with Crippen LogP contribution < -0.4 is 5.32 Å². The van der Waals surface area contributed by atoms with Crippen LogP contribution in [0, 0.1) is 0 Å². The van der Waals surface area contributed by atoms with Crippen LogP contribution in [0.4, 0.5) is 0 Å². The topological polar surface area (TPSA) is 29.1 Å². The minimum atomic E-state index is -0.859. The first-order valence-electron chi connectivity index (χ1n) is 7.13. The van der Waals surface area contributed by atoms with Crippen molar-refractivity contribution in [3.63, 3.8) is 0 Å². The van der Waals surface area contributed by atoms with Gasteiger partial charge in [0, 0.05) is 16.2 Å². The molecule has 2 rings (SSSR count). The van der Waals surface area contributed by atoms with Crippen molar-refractivity contribution >= 4 is 10.8 Å².